The number of aromatic hydroxyl groups is 1. The SMILES string of the molecule is CCCCNc1ccc(-c2nc3cccnc3n2-c2ccc3c(c2)OCCO3)c(O)c1. The highest BCUT2D eigenvalue weighted by atomic mass is 16.6. The zero-order valence-corrected chi connectivity index (χ0v) is 17.3. The topological polar surface area (TPSA) is 81.4 Å². The Labute approximate surface area is 180 Å². The molecular formula is C24H24N4O3. The molecule has 7 heteroatoms. The molecule has 158 valence electrons. The Morgan fingerprint density at radius 2 is 1.94 bits per heavy atom. The predicted molar refractivity (Wildman–Crippen MR) is 120 cm³/mol. The monoisotopic (exact) mass is 416 g/mol. The van der Waals surface area contributed by atoms with E-state index < -0.39 is 0 Å². The van der Waals surface area contributed by atoms with Crippen LogP contribution in [0.5, 0.6) is 17.2 Å². The molecule has 0 saturated carbocycles. The van der Waals surface area contributed by atoms with Crippen LogP contribution in [-0.4, -0.2) is 39.4 Å². The van der Waals surface area contributed by atoms with Crippen LogP contribution >= 0.6 is 0 Å². The molecule has 0 aliphatic carbocycles. The van der Waals surface area contributed by atoms with E-state index in [4.69, 9.17) is 14.5 Å². The van der Waals surface area contributed by atoms with Crippen molar-refractivity contribution in [2.75, 3.05) is 25.1 Å². The number of ether oxygens (including phenoxy) is 2. The fraction of sp³-hybridized carbons (Fsp3) is 0.250. The molecule has 1 aliphatic rings. The minimum absolute atomic E-state index is 0.163. The lowest BCUT2D eigenvalue weighted by atomic mass is 10.1. The quantitative estimate of drug-likeness (QED) is 0.441. The number of unbranched alkanes of at least 4 members (excludes halogenated alkanes) is 1. The van der Waals surface area contributed by atoms with Gasteiger partial charge < -0.3 is 19.9 Å². The minimum Gasteiger partial charge on any atom is -0.507 e. The van der Waals surface area contributed by atoms with Crippen molar-refractivity contribution in [1.29, 1.82) is 0 Å². The molecule has 3 heterocycles. The number of imidazole rings is 1. The molecule has 0 saturated heterocycles. The van der Waals surface area contributed by atoms with Gasteiger partial charge in [-0.25, -0.2) is 9.97 Å². The summed E-state index contributed by atoms with van der Waals surface area (Å²) in [4.78, 5) is 9.33. The maximum Gasteiger partial charge on any atom is 0.164 e. The first-order valence-electron chi connectivity index (χ1n) is 10.6. The lowest BCUT2D eigenvalue weighted by Gasteiger charge is -2.19. The van der Waals surface area contributed by atoms with Crippen LogP contribution in [0.3, 0.4) is 0 Å². The van der Waals surface area contributed by atoms with Crippen LogP contribution in [0.1, 0.15) is 19.8 Å². The molecule has 0 unspecified atom stereocenters. The van der Waals surface area contributed by atoms with Crippen LogP contribution in [-0.2, 0) is 0 Å². The molecule has 0 spiro atoms. The lowest BCUT2D eigenvalue weighted by Crippen LogP contribution is -2.15. The van der Waals surface area contributed by atoms with Crippen molar-refractivity contribution in [3.8, 4) is 34.3 Å². The maximum absolute atomic E-state index is 10.8. The first-order chi connectivity index (χ1) is 15.2. The van der Waals surface area contributed by atoms with Gasteiger partial charge in [0, 0.05) is 30.6 Å². The number of pyridine rings is 1. The van der Waals surface area contributed by atoms with Crippen molar-refractivity contribution >= 4 is 16.9 Å². The number of rotatable bonds is 6. The van der Waals surface area contributed by atoms with Crippen LogP contribution in [0.15, 0.2) is 54.7 Å². The Morgan fingerprint density at radius 1 is 1.06 bits per heavy atom. The largest absolute Gasteiger partial charge is 0.507 e. The van der Waals surface area contributed by atoms with Gasteiger partial charge in [0.1, 0.15) is 24.5 Å². The summed E-state index contributed by atoms with van der Waals surface area (Å²) >= 11 is 0. The number of phenolic OH excluding ortho intramolecular Hbond substituents is 1. The Balaban J connectivity index is 1.62. The van der Waals surface area contributed by atoms with E-state index in [1.807, 2.05) is 47.0 Å². The highest BCUT2D eigenvalue weighted by Gasteiger charge is 2.20. The standard InChI is InChI=1S/C24H24N4O3/c1-2-3-10-25-16-6-8-18(20(29)14-16)23-27-19-5-4-11-26-24(19)28(23)17-7-9-21-22(15-17)31-13-12-30-21/h4-9,11,14-15,25,29H,2-3,10,12-13H2,1H3. The number of phenols is 1. The second kappa shape index (κ2) is 8.18. The number of nitrogens with one attached hydrogen (secondary N) is 1. The average molecular weight is 416 g/mol. The summed E-state index contributed by atoms with van der Waals surface area (Å²) < 4.78 is 13.4. The van der Waals surface area contributed by atoms with Gasteiger partial charge in [-0.3, -0.25) is 4.57 Å². The molecule has 1 aliphatic heterocycles. The Morgan fingerprint density at radius 3 is 2.77 bits per heavy atom. The number of aromatic nitrogens is 3. The van der Waals surface area contributed by atoms with Crippen LogP contribution in [0.2, 0.25) is 0 Å². The molecule has 7 nitrogen and oxygen atoms in total. The van der Waals surface area contributed by atoms with E-state index in [1.165, 1.54) is 0 Å². The molecular weight excluding hydrogens is 392 g/mol. The van der Waals surface area contributed by atoms with E-state index in [2.05, 4.69) is 17.2 Å². The predicted octanol–water partition coefficient (Wildman–Crippen LogP) is 4.78. The van der Waals surface area contributed by atoms with Gasteiger partial charge in [0.15, 0.2) is 23.0 Å². The van der Waals surface area contributed by atoms with E-state index in [9.17, 15) is 5.11 Å². The molecule has 0 bridgehead atoms. The normalized spacial score (nSPS) is 12.8. The first-order valence-corrected chi connectivity index (χ1v) is 10.6. The fourth-order valence-corrected chi connectivity index (χ4v) is 3.75. The summed E-state index contributed by atoms with van der Waals surface area (Å²) in [6.07, 6.45) is 3.93. The summed E-state index contributed by atoms with van der Waals surface area (Å²) in [5, 5.41) is 14.2. The van der Waals surface area contributed by atoms with E-state index in [0.717, 1.165) is 42.0 Å². The van der Waals surface area contributed by atoms with E-state index in [1.54, 1.807) is 12.3 Å². The fourth-order valence-electron chi connectivity index (χ4n) is 3.75. The van der Waals surface area contributed by atoms with E-state index >= 15 is 0 Å². The number of anilines is 1. The molecule has 31 heavy (non-hydrogen) atoms. The lowest BCUT2D eigenvalue weighted by molar-refractivity contribution is 0.171. The van der Waals surface area contributed by atoms with Crippen LogP contribution in [0.25, 0.3) is 28.2 Å². The van der Waals surface area contributed by atoms with Gasteiger partial charge >= 0.3 is 0 Å². The highest BCUT2D eigenvalue weighted by molar-refractivity contribution is 5.82. The number of hydrogen-bond donors (Lipinski definition) is 2. The first kappa shape index (κ1) is 19.2. The zero-order chi connectivity index (χ0) is 21.2. The van der Waals surface area contributed by atoms with E-state index in [-0.39, 0.29) is 5.75 Å². The molecule has 0 radical (unpaired) electrons. The molecule has 2 aromatic heterocycles. The average Bonchev–Trinajstić information content (AvgIpc) is 3.18. The second-order valence-corrected chi connectivity index (χ2v) is 7.46. The minimum atomic E-state index is 0.163. The molecule has 2 N–H and O–H groups in total. The van der Waals surface area contributed by atoms with Gasteiger partial charge in [-0.05, 0) is 42.8 Å². The van der Waals surface area contributed by atoms with Crippen molar-refractivity contribution < 1.29 is 14.6 Å². The summed E-state index contributed by atoms with van der Waals surface area (Å²) in [6.45, 7) is 4.08. The number of hydrogen-bond acceptors (Lipinski definition) is 6. The molecule has 0 fully saturated rings. The number of nitrogens with zero attached hydrogens (tertiary/aromatic N) is 3. The summed E-state index contributed by atoms with van der Waals surface area (Å²) in [6, 6.07) is 15.1. The van der Waals surface area contributed by atoms with Crippen molar-refractivity contribution in [2.24, 2.45) is 0 Å². The number of fused-ring (bicyclic) bond motifs is 2. The third-order valence-electron chi connectivity index (χ3n) is 5.30. The van der Waals surface area contributed by atoms with Crippen molar-refractivity contribution in [2.45, 2.75) is 19.8 Å². The third-order valence-corrected chi connectivity index (χ3v) is 5.30. The van der Waals surface area contributed by atoms with Gasteiger partial charge in [-0.2, -0.15) is 0 Å². The Hall–Kier alpha value is -3.74. The van der Waals surface area contributed by atoms with Gasteiger partial charge in [-0.1, -0.05) is 13.3 Å². The van der Waals surface area contributed by atoms with Gasteiger partial charge in [0.05, 0.1) is 11.3 Å². The van der Waals surface area contributed by atoms with Crippen LogP contribution in [0.4, 0.5) is 5.69 Å². The van der Waals surface area contributed by atoms with Crippen LogP contribution < -0.4 is 14.8 Å². The molecule has 0 amide bonds. The van der Waals surface area contributed by atoms with Gasteiger partial charge in [-0.15, -0.1) is 0 Å². The summed E-state index contributed by atoms with van der Waals surface area (Å²) in [7, 11) is 0. The highest BCUT2D eigenvalue weighted by Crippen LogP contribution is 2.37. The van der Waals surface area contributed by atoms with Gasteiger partial charge in [0.25, 0.3) is 0 Å². The zero-order valence-electron chi connectivity index (χ0n) is 17.3. The molecule has 5 rings (SSSR count). The Kier molecular flexibility index (Phi) is 5.08. The van der Waals surface area contributed by atoms with Crippen LogP contribution in [0, 0.1) is 0 Å². The van der Waals surface area contributed by atoms with Crippen molar-refractivity contribution in [3.05, 3.63) is 54.7 Å². The Bertz CT molecular complexity index is 1230. The second-order valence-electron chi connectivity index (χ2n) is 7.46. The van der Waals surface area contributed by atoms with Gasteiger partial charge in [0.2, 0.25) is 0 Å². The smallest absolute Gasteiger partial charge is 0.164 e. The molecule has 2 aromatic carbocycles. The number of benzene rings is 2. The third kappa shape index (κ3) is 3.63. The van der Waals surface area contributed by atoms with Crippen molar-refractivity contribution in [1.82, 2.24) is 14.5 Å². The molecule has 4 aromatic rings. The summed E-state index contributed by atoms with van der Waals surface area (Å²) in [5.74, 6) is 2.19. The van der Waals surface area contributed by atoms with E-state index in [0.29, 0.717) is 36.0 Å². The van der Waals surface area contributed by atoms with Crippen molar-refractivity contribution in [3.63, 3.8) is 0 Å². The summed E-state index contributed by atoms with van der Waals surface area (Å²) in [5.41, 5.74) is 3.81. The maximum atomic E-state index is 10.8. The molecule has 0 atom stereocenters.